The number of carbonyl (C=O) groups is 1. The van der Waals surface area contributed by atoms with E-state index in [1.807, 2.05) is 36.2 Å². The molecule has 3 nitrogen and oxygen atoms in total. The molecule has 1 aliphatic carbocycles. The molecule has 0 aromatic heterocycles. The molecular formula is C13H15NO2. The first-order valence-corrected chi connectivity index (χ1v) is 5.32. The van der Waals surface area contributed by atoms with Crippen LogP contribution in [0.1, 0.15) is 12.8 Å². The molecule has 1 aromatic carbocycles. The van der Waals surface area contributed by atoms with Gasteiger partial charge in [-0.2, -0.15) is 0 Å². The van der Waals surface area contributed by atoms with E-state index in [1.54, 1.807) is 13.2 Å². The topological polar surface area (TPSA) is 29.5 Å². The van der Waals surface area contributed by atoms with Gasteiger partial charge >= 0.3 is 0 Å². The third kappa shape index (κ3) is 1.94. The summed E-state index contributed by atoms with van der Waals surface area (Å²) in [5.74, 6) is 1.03. The third-order valence-corrected chi connectivity index (χ3v) is 2.83. The fourth-order valence-corrected chi connectivity index (χ4v) is 1.91. The lowest BCUT2D eigenvalue weighted by molar-refractivity contribution is -0.114. The molecule has 0 saturated heterocycles. The minimum atomic E-state index is 0.205. The molecule has 0 amide bonds. The fourth-order valence-electron chi connectivity index (χ4n) is 1.91. The second-order valence-corrected chi connectivity index (χ2v) is 3.83. The van der Waals surface area contributed by atoms with Crippen molar-refractivity contribution >= 4 is 11.5 Å². The zero-order valence-corrected chi connectivity index (χ0v) is 9.56. The number of allylic oxidation sites excluding steroid dienone is 2. The summed E-state index contributed by atoms with van der Waals surface area (Å²) in [7, 11) is 3.61. The third-order valence-electron chi connectivity index (χ3n) is 2.83. The summed E-state index contributed by atoms with van der Waals surface area (Å²) in [4.78, 5) is 13.2. The van der Waals surface area contributed by atoms with E-state index in [9.17, 15) is 4.79 Å². The zero-order valence-electron chi connectivity index (χ0n) is 9.56. The van der Waals surface area contributed by atoms with Gasteiger partial charge in [-0.25, -0.2) is 0 Å². The van der Waals surface area contributed by atoms with Gasteiger partial charge < -0.3 is 9.64 Å². The molecule has 0 N–H and O–H groups in total. The number of anilines is 1. The molecule has 0 radical (unpaired) electrons. The number of benzene rings is 1. The van der Waals surface area contributed by atoms with Gasteiger partial charge in [0.1, 0.15) is 5.75 Å². The first-order chi connectivity index (χ1) is 7.72. The van der Waals surface area contributed by atoms with E-state index >= 15 is 0 Å². The number of methoxy groups -OCH3 is 1. The monoisotopic (exact) mass is 217 g/mol. The van der Waals surface area contributed by atoms with Crippen molar-refractivity contribution in [1.29, 1.82) is 0 Å². The van der Waals surface area contributed by atoms with Gasteiger partial charge in [0.2, 0.25) is 0 Å². The number of hydrogen-bond donors (Lipinski definition) is 0. The maximum absolute atomic E-state index is 11.2. The van der Waals surface area contributed by atoms with Crippen LogP contribution in [0.2, 0.25) is 0 Å². The van der Waals surface area contributed by atoms with Gasteiger partial charge in [0.15, 0.2) is 5.78 Å². The van der Waals surface area contributed by atoms with Crippen LogP contribution in [0.25, 0.3) is 0 Å². The summed E-state index contributed by atoms with van der Waals surface area (Å²) in [6.45, 7) is 0. The summed E-state index contributed by atoms with van der Waals surface area (Å²) < 4.78 is 5.30. The van der Waals surface area contributed by atoms with E-state index in [1.165, 1.54) is 0 Å². The molecule has 0 bridgehead atoms. The Balaban J connectivity index is 2.30. The lowest BCUT2D eigenvalue weighted by Gasteiger charge is -2.22. The van der Waals surface area contributed by atoms with Crippen LogP contribution in [0.4, 0.5) is 5.69 Å². The summed E-state index contributed by atoms with van der Waals surface area (Å²) in [6, 6.07) is 7.81. The highest BCUT2D eigenvalue weighted by Crippen LogP contribution is 2.31. The average molecular weight is 217 g/mol. The lowest BCUT2D eigenvalue weighted by atomic mass is 10.2. The van der Waals surface area contributed by atoms with Crippen molar-refractivity contribution in [3.63, 3.8) is 0 Å². The zero-order chi connectivity index (χ0) is 11.5. The van der Waals surface area contributed by atoms with Gasteiger partial charge in [-0.05, 0) is 18.6 Å². The minimum absolute atomic E-state index is 0.205. The van der Waals surface area contributed by atoms with Crippen molar-refractivity contribution in [1.82, 2.24) is 0 Å². The van der Waals surface area contributed by atoms with Crippen LogP contribution in [0.5, 0.6) is 5.75 Å². The lowest BCUT2D eigenvalue weighted by Crippen LogP contribution is -2.15. The van der Waals surface area contributed by atoms with Crippen molar-refractivity contribution in [3.8, 4) is 5.75 Å². The first kappa shape index (κ1) is 10.7. The highest BCUT2D eigenvalue weighted by atomic mass is 16.5. The van der Waals surface area contributed by atoms with E-state index < -0.39 is 0 Å². The quantitative estimate of drug-likeness (QED) is 0.778. The smallest absolute Gasteiger partial charge is 0.157 e. The Bertz CT molecular complexity index is 437. The molecule has 3 heteroatoms. The average Bonchev–Trinajstić information content (AvgIpc) is 2.75. The Hall–Kier alpha value is -1.77. The normalized spacial score (nSPS) is 14.9. The van der Waals surface area contributed by atoms with Crippen molar-refractivity contribution in [2.24, 2.45) is 0 Å². The molecule has 2 rings (SSSR count). The van der Waals surface area contributed by atoms with Crippen LogP contribution >= 0.6 is 0 Å². The van der Waals surface area contributed by atoms with Gasteiger partial charge in [0, 0.05) is 25.2 Å². The summed E-state index contributed by atoms with van der Waals surface area (Å²) in [5.41, 5.74) is 2.04. The standard InChI is InChI=1S/C13H15NO2/c1-14(10-7-8-11(15)9-10)12-5-3-4-6-13(12)16-2/h3-6,9H,7-8H2,1-2H3. The molecule has 1 aromatic rings. The van der Waals surface area contributed by atoms with Crippen molar-refractivity contribution in [2.75, 3.05) is 19.1 Å². The number of hydrogen-bond acceptors (Lipinski definition) is 3. The van der Waals surface area contributed by atoms with E-state index in [4.69, 9.17) is 4.74 Å². The van der Waals surface area contributed by atoms with E-state index in [0.29, 0.717) is 6.42 Å². The molecule has 0 fully saturated rings. The Morgan fingerprint density at radius 1 is 1.25 bits per heavy atom. The Morgan fingerprint density at radius 2 is 2.00 bits per heavy atom. The summed E-state index contributed by atoms with van der Waals surface area (Å²) >= 11 is 0. The maximum Gasteiger partial charge on any atom is 0.157 e. The predicted molar refractivity (Wildman–Crippen MR) is 63.7 cm³/mol. The molecule has 16 heavy (non-hydrogen) atoms. The fraction of sp³-hybridized carbons (Fsp3) is 0.308. The molecular weight excluding hydrogens is 202 g/mol. The number of ketones is 1. The van der Waals surface area contributed by atoms with Crippen LogP contribution < -0.4 is 9.64 Å². The molecule has 84 valence electrons. The van der Waals surface area contributed by atoms with E-state index in [0.717, 1.165) is 23.6 Å². The molecule has 1 aliphatic rings. The summed E-state index contributed by atoms with van der Waals surface area (Å²) in [6.07, 6.45) is 3.15. The van der Waals surface area contributed by atoms with Crippen molar-refractivity contribution in [2.45, 2.75) is 12.8 Å². The van der Waals surface area contributed by atoms with Gasteiger partial charge in [-0.3, -0.25) is 4.79 Å². The van der Waals surface area contributed by atoms with Crippen LogP contribution in [-0.4, -0.2) is 19.9 Å². The first-order valence-electron chi connectivity index (χ1n) is 5.32. The molecule has 0 atom stereocenters. The Morgan fingerprint density at radius 3 is 2.62 bits per heavy atom. The van der Waals surface area contributed by atoms with Gasteiger partial charge in [0.05, 0.1) is 12.8 Å². The van der Waals surface area contributed by atoms with Crippen molar-refractivity contribution in [3.05, 3.63) is 36.0 Å². The number of nitrogens with zero attached hydrogens (tertiary/aromatic N) is 1. The second kappa shape index (κ2) is 4.39. The number of rotatable bonds is 3. The number of para-hydroxylation sites is 2. The Labute approximate surface area is 95.3 Å². The molecule has 0 spiro atoms. The molecule has 0 heterocycles. The van der Waals surface area contributed by atoms with E-state index in [-0.39, 0.29) is 5.78 Å². The number of carbonyl (C=O) groups excluding carboxylic acids is 1. The Kier molecular flexibility index (Phi) is 2.95. The highest BCUT2D eigenvalue weighted by Gasteiger charge is 2.18. The van der Waals surface area contributed by atoms with Gasteiger partial charge in [-0.1, -0.05) is 12.1 Å². The number of ether oxygens (including phenoxy) is 1. The van der Waals surface area contributed by atoms with Crippen molar-refractivity contribution < 1.29 is 9.53 Å². The van der Waals surface area contributed by atoms with Gasteiger partial charge in [-0.15, -0.1) is 0 Å². The van der Waals surface area contributed by atoms with Crippen LogP contribution in [0.15, 0.2) is 36.0 Å². The maximum atomic E-state index is 11.2. The second-order valence-electron chi connectivity index (χ2n) is 3.83. The molecule has 0 aliphatic heterocycles. The largest absolute Gasteiger partial charge is 0.495 e. The molecule has 0 unspecified atom stereocenters. The van der Waals surface area contributed by atoms with Crippen LogP contribution in [-0.2, 0) is 4.79 Å². The van der Waals surface area contributed by atoms with Crippen LogP contribution in [0.3, 0.4) is 0 Å². The highest BCUT2D eigenvalue weighted by molar-refractivity contribution is 5.93. The molecule has 0 saturated carbocycles. The summed E-state index contributed by atoms with van der Waals surface area (Å²) in [5, 5.41) is 0. The van der Waals surface area contributed by atoms with Gasteiger partial charge in [0.25, 0.3) is 0 Å². The minimum Gasteiger partial charge on any atom is -0.495 e. The van der Waals surface area contributed by atoms with E-state index in [2.05, 4.69) is 0 Å². The van der Waals surface area contributed by atoms with Crippen LogP contribution in [0, 0.1) is 0 Å². The predicted octanol–water partition coefficient (Wildman–Crippen LogP) is 2.38. The SMILES string of the molecule is COc1ccccc1N(C)C1=CC(=O)CC1.